The summed E-state index contributed by atoms with van der Waals surface area (Å²) in [6.45, 7) is 0.689. The lowest BCUT2D eigenvalue weighted by molar-refractivity contribution is -0.136. The van der Waals surface area contributed by atoms with E-state index in [0.29, 0.717) is 29.8 Å². The van der Waals surface area contributed by atoms with E-state index >= 15 is 0 Å². The predicted molar refractivity (Wildman–Crippen MR) is 102 cm³/mol. The average Bonchev–Trinajstić information content (AvgIpc) is 2.65. The molecular weight excluding hydrogens is 383 g/mol. The molecule has 1 aliphatic carbocycles. The minimum atomic E-state index is -0.977. The van der Waals surface area contributed by atoms with Crippen molar-refractivity contribution in [3.63, 3.8) is 0 Å². The van der Waals surface area contributed by atoms with Crippen LogP contribution < -0.4 is 9.64 Å². The van der Waals surface area contributed by atoms with E-state index < -0.39 is 23.4 Å². The number of anilines is 1. The molecule has 2 aromatic rings. The van der Waals surface area contributed by atoms with Crippen molar-refractivity contribution in [2.24, 2.45) is 0 Å². The Morgan fingerprint density at radius 2 is 1.90 bits per heavy atom. The number of rotatable bonds is 6. The number of carboxylic acids is 1. The zero-order valence-corrected chi connectivity index (χ0v) is 15.9. The number of nitrogens with zero attached hydrogens (tertiary/aromatic N) is 1. The summed E-state index contributed by atoms with van der Waals surface area (Å²) < 4.78 is 48.7. The largest absolute Gasteiger partial charge is 0.490 e. The fourth-order valence-corrected chi connectivity index (χ4v) is 3.80. The van der Waals surface area contributed by atoms with Crippen LogP contribution in [0.4, 0.5) is 18.9 Å². The zero-order valence-electron chi connectivity index (χ0n) is 15.9. The van der Waals surface area contributed by atoms with E-state index in [4.69, 9.17) is 9.84 Å². The predicted octanol–water partition coefficient (Wildman–Crippen LogP) is 4.62. The molecule has 0 atom stereocenters. The summed E-state index contributed by atoms with van der Waals surface area (Å²) >= 11 is 0. The first kappa shape index (κ1) is 19.6. The van der Waals surface area contributed by atoms with Gasteiger partial charge in [-0.15, -0.1) is 0 Å². The van der Waals surface area contributed by atoms with Crippen molar-refractivity contribution in [2.75, 3.05) is 11.4 Å². The Balaban J connectivity index is 1.56. The molecule has 4 nitrogen and oxygen atoms in total. The summed E-state index contributed by atoms with van der Waals surface area (Å²) in [5.41, 5.74) is 2.08. The second-order valence-corrected chi connectivity index (χ2v) is 7.69. The molecule has 4 rings (SSSR count). The third-order valence-corrected chi connectivity index (χ3v) is 5.67. The minimum Gasteiger partial charge on any atom is -0.490 e. The molecule has 0 bridgehead atoms. The van der Waals surface area contributed by atoms with E-state index in [1.54, 1.807) is 11.0 Å². The van der Waals surface area contributed by atoms with E-state index in [-0.39, 0.29) is 31.2 Å². The molecule has 0 radical (unpaired) electrons. The van der Waals surface area contributed by atoms with Gasteiger partial charge in [-0.2, -0.15) is 0 Å². The highest BCUT2D eigenvalue weighted by atomic mass is 19.2. The number of fused-ring (bicyclic) bond motifs is 1. The highest BCUT2D eigenvalue weighted by Gasteiger charge is 2.25. The van der Waals surface area contributed by atoms with Gasteiger partial charge in [0.25, 0.3) is 0 Å². The van der Waals surface area contributed by atoms with Gasteiger partial charge in [-0.3, -0.25) is 4.79 Å². The van der Waals surface area contributed by atoms with Gasteiger partial charge in [0.2, 0.25) is 0 Å². The quantitative estimate of drug-likeness (QED) is 0.762. The average molecular weight is 405 g/mol. The molecule has 0 spiro atoms. The van der Waals surface area contributed by atoms with Crippen molar-refractivity contribution in [3.05, 3.63) is 58.4 Å². The van der Waals surface area contributed by atoms with Crippen LogP contribution in [0.15, 0.2) is 24.3 Å². The number of halogens is 3. The van der Waals surface area contributed by atoms with Crippen LogP contribution in [0.3, 0.4) is 0 Å². The lowest BCUT2D eigenvalue weighted by atomic mass is 9.94. The lowest BCUT2D eigenvalue weighted by Gasteiger charge is -2.32. The fraction of sp³-hybridized carbons (Fsp3) is 0.409. The second kappa shape index (κ2) is 7.97. The SMILES string of the molecule is O=C(O)CCc1cc2c(cc1F)CN(c1cc(OC3CCC3)cc(F)c1F)CC2. The number of carboxylic acid groups (broad SMARTS) is 1. The smallest absolute Gasteiger partial charge is 0.303 e. The van der Waals surface area contributed by atoms with E-state index in [9.17, 15) is 18.0 Å². The Kier molecular flexibility index (Phi) is 5.39. The van der Waals surface area contributed by atoms with Crippen molar-refractivity contribution >= 4 is 11.7 Å². The molecule has 0 unspecified atom stereocenters. The molecule has 0 amide bonds. The van der Waals surface area contributed by atoms with Gasteiger partial charge >= 0.3 is 5.97 Å². The number of hydrogen-bond acceptors (Lipinski definition) is 3. The third-order valence-electron chi connectivity index (χ3n) is 5.67. The Morgan fingerprint density at radius 3 is 2.59 bits per heavy atom. The number of hydrogen-bond donors (Lipinski definition) is 1. The van der Waals surface area contributed by atoms with Gasteiger partial charge in [-0.05, 0) is 54.9 Å². The summed E-state index contributed by atoms with van der Waals surface area (Å²) in [6.07, 6.45) is 3.46. The van der Waals surface area contributed by atoms with Gasteiger partial charge in [0.1, 0.15) is 11.6 Å². The number of aliphatic carboxylic acids is 1. The molecule has 1 N–H and O–H groups in total. The first-order chi connectivity index (χ1) is 13.9. The molecule has 0 aromatic heterocycles. The Morgan fingerprint density at radius 1 is 1.10 bits per heavy atom. The van der Waals surface area contributed by atoms with Crippen LogP contribution in [-0.2, 0) is 24.2 Å². The molecule has 29 heavy (non-hydrogen) atoms. The molecule has 7 heteroatoms. The highest BCUT2D eigenvalue weighted by Crippen LogP contribution is 2.34. The van der Waals surface area contributed by atoms with Crippen molar-refractivity contribution in [1.82, 2.24) is 0 Å². The van der Waals surface area contributed by atoms with Crippen molar-refractivity contribution < 1.29 is 27.8 Å². The van der Waals surface area contributed by atoms with Crippen molar-refractivity contribution in [2.45, 2.75) is 51.2 Å². The molecule has 1 aliphatic heterocycles. The Bertz CT molecular complexity index is 943. The summed E-state index contributed by atoms with van der Waals surface area (Å²) in [6, 6.07) is 5.66. The minimum absolute atomic E-state index is 0.0492. The standard InChI is InChI=1S/C22H22F3NO3/c23-18-9-15-12-26(7-6-13(15)8-14(18)4-5-21(27)28)20-11-17(10-19(24)22(20)25)29-16-2-1-3-16/h8-11,16H,1-7,12H2,(H,27,28). The van der Waals surface area contributed by atoms with Crippen molar-refractivity contribution in [3.8, 4) is 5.75 Å². The first-order valence-corrected chi connectivity index (χ1v) is 9.83. The van der Waals surface area contributed by atoms with Crippen LogP contribution in [0, 0.1) is 17.5 Å². The topological polar surface area (TPSA) is 49.8 Å². The van der Waals surface area contributed by atoms with Gasteiger partial charge in [-0.25, -0.2) is 13.2 Å². The third kappa shape index (κ3) is 4.18. The molecule has 2 aliphatic rings. The van der Waals surface area contributed by atoms with E-state index in [1.807, 2.05) is 0 Å². The van der Waals surface area contributed by atoms with Gasteiger partial charge in [0.15, 0.2) is 11.6 Å². The Hall–Kier alpha value is -2.70. The molecule has 2 aromatic carbocycles. The number of carbonyl (C=O) groups is 1. The van der Waals surface area contributed by atoms with Crippen LogP contribution in [0.1, 0.15) is 42.4 Å². The summed E-state index contributed by atoms with van der Waals surface area (Å²) in [4.78, 5) is 12.4. The summed E-state index contributed by atoms with van der Waals surface area (Å²) in [5.74, 6) is -3.04. The van der Waals surface area contributed by atoms with Crippen LogP contribution >= 0.6 is 0 Å². The number of ether oxygens (including phenoxy) is 1. The zero-order chi connectivity index (χ0) is 20.5. The molecular formula is C22H22F3NO3. The second-order valence-electron chi connectivity index (χ2n) is 7.69. The monoisotopic (exact) mass is 405 g/mol. The molecule has 1 fully saturated rings. The maximum atomic E-state index is 14.5. The molecule has 1 heterocycles. The fourth-order valence-electron chi connectivity index (χ4n) is 3.80. The molecule has 0 saturated heterocycles. The number of benzene rings is 2. The maximum absolute atomic E-state index is 14.5. The Labute approximate surface area is 166 Å². The molecule has 1 saturated carbocycles. The van der Waals surface area contributed by atoms with E-state index in [2.05, 4.69) is 0 Å². The van der Waals surface area contributed by atoms with Crippen LogP contribution in [0.2, 0.25) is 0 Å². The first-order valence-electron chi connectivity index (χ1n) is 9.83. The summed E-state index contributed by atoms with van der Waals surface area (Å²) in [5, 5.41) is 8.80. The van der Waals surface area contributed by atoms with Gasteiger partial charge in [0, 0.05) is 31.6 Å². The van der Waals surface area contributed by atoms with Crippen LogP contribution in [-0.4, -0.2) is 23.7 Å². The van der Waals surface area contributed by atoms with Gasteiger partial charge < -0.3 is 14.7 Å². The van der Waals surface area contributed by atoms with E-state index in [1.165, 1.54) is 12.1 Å². The van der Waals surface area contributed by atoms with Crippen molar-refractivity contribution in [1.29, 1.82) is 0 Å². The molecule has 154 valence electrons. The van der Waals surface area contributed by atoms with Crippen LogP contribution in [0.5, 0.6) is 5.75 Å². The van der Waals surface area contributed by atoms with Gasteiger partial charge in [-0.1, -0.05) is 6.07 Å². The maximum Gasteiger partial charge on any atom is 0.303 e. The normalized spacial score (nSPS) is 16.3. The highest BCUT2D eigenvalue weighted by molar-refractivity contribution is 5.67. The van der Waals surface area contributed by atoms with Crippen LogP contribution in [0.25, 0.3) is 0 Å². The number of aryl methyl sites for hydroxylation is 1. The summed E-state index contributed by atoms with van der Waals surface area (Å²) in [7, 11) is 0. The van der Waals surface area contributed by atoms with Gasteiger partial charge in [0.05, 0.1) is 11.8 Å². The van der Waals surface area contributed by atoms with E-state index in [0.717, 1.165) is 30.9 Å². The lowest BCUT2D eigenvalue weighted by Crippen LogP contribution is -2.32.